The van der Waals surface area contributed by atoms with Crippen molar-refractivity contribution in [1.29, 1.82) is 0 Å². The van der Waals surface area contributed by atoms with E-state index in [1.165, 1.54) is 0 Å². The Hall–Kier alpha value is -2.17. The Morgan fingerprint density at radius 3 is 2.04 bits per heavy atom. The molecule has 0 aliphatic carbocycles. The van der Waals surface area contributed by atoms with Crippen molar-refractivity contribution in [2.75, 3.05) is 33.7 Å². The molecule has 0 saturated carbocycles. The lowest BCUT2D eigenvalue weighted by molar-refractivity contribution is -0.124. The number of carbonyl (C=O) groups is 1. The summed E-state index contributed by atoms with van der Waals surface area (Å²) in [6.45, 7) is 5.26. The molecule has 2 aromatic carbocycles. The Morgan fingerprint density at radius 1 is 1.07 bits per heavy atom. The van der Waals surface area contributed by atoms with Crippen LogP contribution >= 0.6 is 0 Å². The zero-order valence-electron chi connectivity index (χ0n) is 16.6. The summed E-state index contributed by atoms with van der Waals surface area (Å²) in [6, 6.07) is 20.4. The van der Waals surface area contributed by atoms with Gasteiger partial charge in [-0.2, -0.15) is 0 Å². The second kappa shape index (κ2) is 8.24. The quantitative estimate of drug-likeness (QED) is 0.821. The van der Waals surface area contributed by atoms with Crippen LogP contribution in [0.15, 0.2) is 60.7 Å². The summed E-state index contributed by atoms with van der Waals surface area (Å²) in [7, 11) is 4.19. The van der Waals surface area contributed by atoms with E-state index in [-0.39, 0.29) is 17.9 Å². The van der Waals surface area contributed by atoms with Gasteiger partial charge in [-0.3, -0.25) is 9.69 Å². The maximum Gasteiger partial charge on any atom is 0.232 e. The van der Waals surface area contributed by atoms with Gasteiger partial charge < -0.3 is 10.6 Å². The smallest absolute Gasteiger partial charge is 0.232 e. The summed E-state index contributed by atoms with van der Waals surface area (Å²) in [4.78, 5) is 17.8. The molecule has 2 N–H and O–H groups in total. The van der Waals surface area contributed by atoms with Gasteiger partial charge >= 0.3 is 0 Å². The lowest BCUT2D eigenvalue weighted by Gasteiger charge is -2.40. The summed E-state index contributed by atoms with van der Waals surface area (Å²) in [5, 5.41) is 0. The molecule has 0 spiro atoms. The van der Waals surface area contributed by atoms with E-state index < -0.39 is 5.41 Å². The Morgan fingerprint density at radius 2 is 1.59 bits per heavy atom. The number of benzene rings is 2. The molecule has 2 unspecified atom stereocenters. The molecule has 27 heavy (non-hydrogen) atoms. The Labute approximate surface area is 163 Å². The molecule has 0 bridgehead atoms. The van der Waals surface area contributed by atoms with Crippen LogP contribution in [0.3, 0.4) is 0 Å². The number of likely N-dealkylation sites (N-methyl/N-ethyl adjacent to an activating group) is 1. The van der Waals surface area contributed by atoms with Crippen molar-refractivity contribution in [1.82, 2.24) is 9.80 Å². The molecule has 1 aliphatic heterocycles. The standard InChI is InChI=1S/C23H31N3O/c1-18-21(14-15-26(18)17-16-25(2)3)23(22(24)27,19-10-6-4-7-11-19)20-12-8-5-9-13-20/h4-13,18,21H,14-17H2,1-3H3,(H2,24,27). The number of hydrogen-bond acceptors (Lipinski definition) is 3. The SMILES string of the molecule is CC1C(C(C(N)=O)(c2ccccc2)c2ccccc2)CCN1CCN(C)C. The Kier molecular flexibility index (Phi) is 5.98. The molecule has 144 valence electrons. The van der Waals surface area contributed by atoms with Crippen LogP contribution in [-0.2, 0) is 10.2 Å². The van der Waals surface area contributed by atoms with Gasteiger partial charge in [-0.15, -0.1) is 0 Å². The van der Waals surface area contributed by atoms with Gasteiger partial charge in [0, 0.05) is 19.1 Å². The molecular weight excluding hydrogens is 334 g/mol. The summed E-state index contributed by atoms with van der Waals surface area (Å²) in [5.41, 5.74) is 7.36. The molecule has 1 aliphatic rings. The molecule has 2 atom stereocenters. The maximum absolute atomic E-state index is 13.1. The van der Waals surface area contributed by atoms with Gasteiger partial charge in [0.15, 0.2) is 0 Å². The van der Waals surface area contributed by atoms with E-state index in [2.05, 4.69) is 30.8 Å². The number of primary amides is 1. The summed E-state index contributed by atoms with van der Waals surface area (Å²) >= 11 is 0. The predicted molar refractivity (Wildman–Crippen MR) is 111 cm³/mol. The second-order valence-corrected chi connectivity index (χ2v) is 7.88. The van der Waals surface area contributed by atoms with E-state index in [1.807, 2.05) is 60.7 Å². The van der Waals surface area contributed by atoms with Gasteiger partial charge in [-0.05, 0) is 51.0 Å². The number of nitrogens with zero attached hydrogens (tertiary/aromatic N) is 2. The van der Waals surface area contributed by atoms with Crippen molar-refractivity contribution in [3.63, 3.8) is 0 Å². The molecule has 0 radical (unpaired) electrons. The summed E-state index contributed by atoms with van der Waals surface area (Å²) in [6.07, 6.45) is 0.960. The van der Waals surface area contributed by atoms with Crippen molar-refractivity contribution in [3.8, 4) is 0 Å². The highest BCUT2D eigenvalue weighted by molar-refractivity contribution is 5.91. The van der Waals surface area contributed by atoms with Crippen molar-refractivity contribution in [2.24, 2.45) is 11.7 Å². The Balaban J connectivity index is 2.07. The van der Waals surface area contributed by atoms with Crippen LogP contribution in [0, 0.1) is 5.92 Å². The largest absolute Gasteiger partial charge is 0.369 e. The fourth-order valence-electron chi connectivity index (χ4n) is 4.69. The molecule has 1 fully saturated rings. The molecule has 1 heterocycles. The van der Waals surface area contributed by atoms with Crippen molar-refractivity contribution >= 4 is 5.91 Å². The number of hydrogen-bond donors (Lipinski definition) is 1. The minimum absolute atomic E-state index is 0.141. The molecule has 1 amide bonds. The first-order chi connectivity index (χ1) is 13.0. The lowest BCUT2D eigenvalue weighted by Crippen LogP contribution is -2.52. The highest BCUT2D eigenvalue weighted by Crippen LogP contribution is 2.46. The lowest BCUT2D eigenvalue weighted by atomic mass is 9.63. The van der Waals surface area contributed by atoms with E-state index in [9.17, 15) is 4.79 Å². The van der Waals surface area contributed by atoms with Gasteiger partial charge in [0.25, 0.3) is 0 Å². The normalized spacial score (nSPS) is 20.9. The van der Waals surface area contributed by atoms with Crippen LogP contribution in [0.25, 0.3) is 0 Å². The zero-order chi connectivity index (χ0) is 19.4. The van der Waals surface area contributed by atoms with Crippen LogP contribution in [0.2, 0.25) is 0 Å². The second-order valence-electron chi connectivity index (χ2n) is 7.88. The Bertz CT molecular complexity index is 705. The van der Waals surface area contributed by atoms with Gasteiger partial charge in [-0.25, -0.2) is 0 Å². The van der Waals surface area contributed by atoms with Gasteiger partial charge in [-0.1, -0.05) is 60.7 Å². The third-order valence-electron chi connectivity index (χ3n) is 6.12. The topological polar surface area (TPSA) is 49.6 Å². The molecule has 1 saturated heterocycles. The number of likely N-dealkylation sites (tertiary alicyclic amines) is 1. The monoisotopic (exact) mass is 365 g/mol. The van der Waals surface area contributed by atoms with Crippen LogP contribution < -0.4 is 5.73 Å². The van der Waals surface area contributed by atoms with Gasteiger partial charge in [0.2, 0.25) is 5.91 Å². The molecule has 0 aromatic heterocycles. The van der Waals surface area contributed by atoms with Crippen molar-refractivity contribution in [2.45, 2.75) is 24.8 Å². The van der Waals surface area contributed by atoms with E-state index in [0.717, 1.165) is 37.2 Å². The van der Waals surface area contributed by atoms with Crippen LogP contribution in [0.1, 0.15) is 24.5 Å². The van der Waals surface area contributed by atoms with E-state index in [1.54, 1.807) is 0 Å². The minimum atomic E-state index is -0.811. The fourth-order valence-corrected chi connectivity index (χ4v) is 4.69. The fraction of sp³-hybridized carbons (Fsp3) is 0.435. The van der Waals surface area contributed by atoms with Crippen molar-refractivity contribution in [3.05, 3.63) is 71.8 Å². The van der Waals surface area contributed by atoms with Crippen LogP contribution in [0.4, 0.5) is 0 Å². The van der Waals surface area contributed by atoms with Crippen molar-refractivity contribution < 1.29 is 4.79 Å². The first kappa shape index (κ1) is 19.6. The van der Waals surface area contributed by atoms with E-state index >= 15 is 0 Å². The predicted octanol–water partition coefficient (Wildman–Crippen LogP) is 2.73. The summed E-state index contributed by atoms with van der Waals surface area (Å²) < 4.78 is 0. The molecule has 4 heteroatoms. The van der Waals surface area contributed by atoms with E-state index in [4.69, 9.17) is 5.73 Å². The molecular formula is C23H31N3O. The number of nitrogens with two attached hydrogens (primary N) is 1. The zero-order valence-corrected chi connectivity index (χ0v) is 16.6. The molecule has 2 aromatic rings. The number of rotatable bonds is 7. The third-order valence-corrected chi connectivity index (χ3v) is 6.12. The first-order valence-electron chi connectivity index (χ1n) is 9.77. The average Bonchev–Trinajstić information content (AvgIpc) is 3.03. The summed E-state index contributed by atoms with van der Waals surface area (Å²) in [5.74, 6) is -0.117. The maximum atomic E-state index is 13.1. The highest BCUT2D eigenvalue weighted by Gasteiger charge is 2.52. The van der Waals surface area contributed by atoms with Gasteiger partial charge in [0.05, 0.1) is 0 Å². The van der Waals surface area contributed by atoms with Crippen LogP contribution in [0.5, 0.6) is 0 Å². The number of carbonyl (C=O) groups excluding carboxylic acids is 1. The van der Waals surface area contributed by atoms with E-state index in [0.29, 0.717) is 0 Å². The third kappa shape index (κ3) is 3.64. The minimum Gasteiger partial charge on any atom is -0.369 e. The average molecular weight is 366 g/mol. The number of amides is 1. The first-order valence-corrected chi connectivity index (χ1v) is 9.77. The molecule has 3 rings (SSSR count). The van der Waals surface area contributed by atoms with Crippen LogP contribution in [-0.4, -0.2) is 55.5 Å². The highest BCUT2D eigenvalue weighted by atomic mass is 16.1. The van der Waals surface area contributed by atoms with Gasteiger partial charge in [0.1, 0.15) is 5.41 Å². The molecule has 4 nitrogen and oxygen atoms in total.